The lowest BCUT2D eigenvalue weighted by molar-refractivity contribution is -0.249. The third kappa shape index (κ3) is 1.33. The highest BCUT2D eigenvalue weighted by atomic mass is 16.3. The third-order valence-electron chi connectivity index (χ3n) is 6.66. The molecule has 3 unspecified atom stereocenters. The molecule has 4 fully saturated rings. The van der Waals surface area contributed by atoms with Crippen LogP contribution in [-0.2, 0) is 4.79 Å². The number of nitrogens with zero attached hydrogens (tertiary/aromatic N) is 1. The highest BCUT2D eigenvalue weighted by molar-refractivity contribution is 5.85. The number of carbonyl (C=O) groups is 1. The van der Waals surface area contributed by atoms with Gasteiger partial charge >= 0.3 is 0 Å². The first-order valence-electron chi connectivity index (χ1n) is 8.08. The van der Waals surface area contributed by atoms with Crippen LogP contribution in [-0.4, -0.2) is 40.0 Å². The second-order valence-corrected chi connectivity index (χ2v) is 7.55. The van der Waals surface area contributed by atoms with Crippen LogP contribution >= 0.6 is 0 Å². The molecule has 19 heavy (non-hydrogen) atoms. The summed E-state index contributed by atoms with van der Waals surface area (Å²) in [5.74, 6) is 1.44. The van der Waals surface area contributed by atoms with Gasteiger partial charge in [-0.1, -0.05) is 6.92 Å². The van der Waals surface area contributed by atoms with Crippen LogP contribution in [0.15, 0.2) is 0 Å². The monoisotopic (exact) mass is 263 g/mol. The van der Waals surface area contributed by atoms with E-state index in [9.17, 15) is 9.90 Å². The summed E-state index contributed by atoms with van der Waals surface area (Å²) in [6.45, 7) is 4.49. The predicted molar refractivity (Wildman–Crippen MR) is 72.7 cm³/mol. The van der Waals surface area contributed by atoms with Gasteiger partial charge < -0.3 is 5.11 Å². The van der Waals surface area contributed by atoms with Crippen LogP contribution < -0.4 is 0 Å². The molecule has 2 aliphatic heterocycles. The van der Waals surface area contributed by atoms with Gasteiger partial charge in [0.05, 0.1) is 11.1 Å². The average Bonchev–Trinajstić information content (AvgIpc) is 2.35. The summed E-state index contributed by atoms with van der Waals surface area (Å²) < 4.78 is 0. The molecule has 106 valence electrons. The SMILES string of the molecule is C[C@@H]1CC2CC(=O)C3CCCN4CCCC2(O)[C@]34C1. The summed E-state index contributed by atoms with van der Waals surface area (Å²) in [5.41, 5.74) is -0.766. The number of rotatable bonds is 0. The van der Waals surface area contributed by atoms with E-state index < -0.39 is 5.60 Å². The van der Waals surface area contributed by atoms with Crippen molar-refractivity contribution in [2.45, 2.75) is 63.0 Å². The molecule has 2 aliphatic carbocycles. The highest BCUT2D eigenvalue weighted by Gasteiger charge is 2.69. The van der Waals surface area contributed by atoms with Crippen LogP contribution in [0.4, 0.5) is 0 Å². The fourth-order valence-electron chi connectivity index (χ4n) is 6.15. The minimum atomic E-state index is -0.573. The molecule has 0 radical (unpaired) electrons. The lowest BCUT2D eigenvalue weighted by Gasteiger charge is -2.69. The summed E-state index contributed by atoms with van der Waals surface area (Å²) >= 11 is 0. The van der Waals surface area contributed by atoms with Gasteiger partial charge in [0.15, 0.2) is 0 Å². The molecule has 1 N–H and O–H groups in total. The zero-order chi connectivity index (χ0) is 13.3. The second kappa shape index (κ2) is 3.82. The number of carbonyl (C=O) groups excluding carboxylic acids is 1. The number of piperidine rings is 2. The van der Waals surface area contributed by atoms with Crippen LogP contribution in [0.25, 0.3) is 0 Å². The zero-order valence-electron chi connectivity index (χ0n) is 11.9. The van der Waals surface area contributed by atoms with Crippen molar-refractivity contribution >= 4 is 5.78 Å². The van der Waals surface area contributed by atoms with E-state index >= 15 is 0 Å². The maximum Gasteiger partial charge on any atom is 0.138 e. The zero-order valence-corrected chi connectivity index (χ0v) is 11.9. The fourth-order valence-corrected chi connectivity index (χ4v) is 6.15. The van der Waals surface area contributed by atoms with Crippen molar-refractivity contribution in [3.8, 4) is 0 Å². The summed E-state index contributed by atoms with van der Waals surface area (Å²) in [5, 5.41) is 11.5. The molecule has 1 spiro atoms. The molecule has 3 heteroatoms. The molecule has 5 atom stereocenters. The van der Waals surface area contributed by atoms with Crippen molar-refractivity contribution in [3.05, 3.63) is 0 Å². The highest BCUT2D eigenvalue weighted by Crippen LogP contribution is 2.61. The van der Waals surface area contributed by atoms with Crippen molar-refractivity contribution in [3.63, 3.8) is 0 Å². The van der Waals surface area contributed by atoms with Crippen LogP contribution in [0.2, 0.25) is 0 Å². The van der Waals surface area contributed by atoms with Crippen molar-refractivity contribution in [1.29, 1.82) is 0 Å². The van der Waals surface area contributed by atoms with Gasteiger partial charge in [0.25, 0.3) is 0 Å². The normalized spacial score (nSPS) is 53.8. The summed E-state index contributed by atoms with van der Waals surface area (Å²) in [7, 11) is 0. The van der Waals surface area contributed by atoms with Crippen molar-refractivity contribution in [1.82, 2.24) is 4.90 Å². The Balaban J connectivity index is 1.89. The van der Waals surface area contributed by atoms with Crippen molar-refractivity contribution in [2.24, 2.45) is 17.8 Å². The van der Waals surface area contributed by atoms with E-state index in [0.29, 0.717) is 18.1 Å². The Morgan fingerprint density at radius 2 is 2.11 bits per heavy atom. The van der Waals surface area contributed by atoms with E-state index in [2.05, 4.69) is 11.8 Å². The Morgan fingerprint density at radius 1 is 1.32 bits per heavy atom. The first-order valence-corrected chi connectivity index (χ1v) is 8.08. The number of aliphatic hydroxyl groups is 1. The Hall–Kier alpha value is -0.410. The standard InChI is InChI=1S/C16H25NO2/c1-11-8-12-9-14(18)13-4-2-6-17-7-3-5-16(12,19)15(13,17)10-11/h11-13,19H,2-10H2,1H3/t11-,12?,13?,15+,16?/m1/s1. The number of hydrogen-bond donors (Lipinski definition) is 1. The van der Waals surface area contributed by atoms with Crippen molar-refractivity contribution < 1.29 is 9.90 Å². The largest absolute Gasteiger partial charge is 0.388 e. The number of ketones is 1. The maximum absolute atomic E-state index is 12.6. The number of hydrogen-bond acceptors (Lipinski definition) is 3. The molecule has 3 nitrogen and oxygen atoms in total. The topological polar surface area (TPSA) is 40.5 Å². The van der Waals surface area contributed by atoms with Gasteiger partial charge in [0.2, 0.25) is 0 Å². The van der Waals surface area contributed by atoms with Gasteiger partial charge in [-0.05, 0) is 63.5 Å². The first-order chi connectivity index (χ1) is 9.08. The van der Waals surface area contributed by atoms with Gasteiger partial charge in [0, 0.05) is 12.3 Å². The molecule has 0 aromatic rings. The third-order valence-corrected chi connectivity index (χ3v) is 6.66. The van der Waals surface area contributed by atoms with Crippen LogP contribution in [0.1, 0.15) is 51.9 Å². The second-order valence-electron chi connectivity index (χ2n) is 7.55. The predicted octanol–water partition coefficient (Wildman–Crippen LogP) is 1.98. The Kier molecular flexibility index (Phi) is 2.48. The van der Waals surface area contributed by atoms with Crippen molar-refractivity contribution in [2.75, 3.05) is 13.1 Å². The first kappa shape index (κ1) is 12.3. The minimum absolute atomic E-state index is 0.116. The Morgan fingerprint density at radius 3 is 2.95 bits per heavy atom. The Labute approximate surface area is 115 Å². The molecule has 2 saturated carbocycles. The van der Waals surface area contributed by atoms with Crippen LogP contribution in [0.5, 0.6) is 0 Å². The van der Waals surface area contributed by atoms with E-state index in [1.165, 1.54) is 0 Å². The number of Topliss-reactive ketones (excluding diaryl/α,β-unsaturated/α-hetero) is 1. The molecule has 4 aliphatic rings. The lowest BCUT2D eigenvalue weighted by Crippen LogP contribution is -2.79. The summed E-state index contributed by atoms with van der Waals surface area (Å²) in [6, 6.07) is 0. The Bertz CT molecular complexity index is 421. The summed E-state index contributed by atoms with van der Waals surface area (Å²) in [4.78, 5) is 15.1. The van der Waals surface area contributed by atoms with Crippen LogP contribution in [0.3, 0.4) is 0 Å². The quantitative estimate of drug-likeness (QED) is 0.726. The molecular formula is C16H25NO2. The minimum Gasteiger partial charge on any atom is -0.388 e. The smallest absolute Gasteiger partial charge is 0.138 e. The molecule has 4 rings (SSSR count). The van der Waals surface area contributed by atoms with E-state index in [-0.39, 0.29) is 17.4 Å². The van der Waals surface area contributed by atoms with Crippen LogP contribution in [0, 0.1) is 17.8 Å². The van der Waals surface area contributed by atoms with E-state index in [1.807, 2.05) is 0 Å². The van der Waals surface area contributed by atoms with E-state index in [1.54, 1.807) is 0 Å². The van der Waals surface area contributed by atoms with Gasteiger partial charge in [0.1, 0.15) is 5.78 Å². The lowest BCUT2D eigenvalue weighted by atomic mass is 9.46. The fraction of sp³-hybridized carbons (Fsp3) is 0.938. The van der Waals surface area contributed by atoms with Gasteiger partial charge in [-0.3, -0.25) is 9.69 Å². The molecule has 0 aromatic carbocycles. The maximum atomic E-state index is 12.6. The molecular weight excluding hydrogens is 238 g/mol. The van der Waals surface area contributed by atoms with E-state index in [4.69, 9.17) is 0 Å². The molecule has 2 saturated heterocycles. The molecule has 2 heterocycles. The molecule has 0 amide bonds. The van der Waals surface area contributed by atoms with E-state index in [0.717, 1.165) is 51.6 Å². The molecule has 0 aromatic heterocycles. The van der Waals surface area contributed by atoms with Gasteiger partial charge in [-0.2, -0.15) is 0 Å². The van der Waals surface area contributed by atoms with Gasteiger partial charge in [-0.15, -0.1) is 0 Å². The summed E-state index contributed by atoms with van der Waals surface area (Å²) in [6.07, 6.45) is 6.89. The molecule has 2 bridgehead atoms. The van der Waals surface area contributed by atoms with Gasteiger partial charge in [-0.25, -0.2) is 0 Å². The average molecular weight is 263 g/mol.